The Hall–Kier alpha value is -1.48. The van der Waals surface area contributed by atoms with Crippen molar-refractivity contribution in [3.8, 4) is 17.1 Å². The van der Waals surface area contributed by atoms with Crippen LogP contribution >= 0.6 is 0 Å². The van der Waals surface area contributed by atoms with E-state index < -0.39 is 0 Å². The first-order valence-electron chi connectivity index (χ1n) is 6.75. The van der Waals surface area contributed by atoms with Gasteiger partial charge in [0.15, 0.2) is 0 Å². The molecule has 3 heteroatoms. The van der Waals surface area contributed by atoms with Gasteiger partial charge in [-0.2, -0.15) is 0 Å². The molecule has 1 fully saturated rings. The Kier molecular flexibility index (Phi) is 3.51. The Morgan fingerprint density at radius 2 is 2.00 bits per heavy atom. The summed E-state index contributed by atoms with van der Waals surface area (Å²) in [5, 5.41) is 0. The molecule has 96 valence electrons. The lowest BCUT2D eigenvalue weighted by molar-refractivity contribution is 0.163. The minimum Gasteiger partial charge on any atom is -0.463 e. The summed E-state index contributed by atoms with van der Waals surface area (Å²) in [7, 11) is 0. The van der Waals surface area contributed by atoms with Gasteiger partial charge in [-0.25, -0.2) is 0 Å². The van der Waals surface area contributed by atoms with E-state index in [0.717, 1.165) is 12.1 Å². The Labute approximate surface area is 108 Å². The molecule has 0 amide bonds. The molecule has 1 aliphatic carbocycles. The maximum absolute atomic E-state index is 5.77. The standard InChI is InChI=1S/C15H19NO2/c1-2-8-16(9-3-1)10-12-18-15-14-6-4-5-13(14)7-11-17-15/h4-7,11H,1-3,8-10,12H2. The summed E-state index contributed by atoms with van der Waals surface area (Å²) in [5.41, 5.74) is 2.24. The molecule has 3 aliphatic rings. The summed E-state index contributed by atoms with van der Waals surface area (Å²) in [6, 6.07) is 8.10. The summed E-state index contributed by atoms with van der Waals surface area (Å²) in [6.07, 6.45) is 5.71. The van der Waals surface area contributed by atoms with Crippen LogP contribution in [0.1, 0.15) is 19.3 Å². The van der Waals surface area contributed by atoms with Crippen LogP contribution in [0.5, 0.6) is 5.95 Å². The number of ether oxygens (including phenoxy) is 1. The highest BCUT2D eigenvalue weighted by molar-refractivity contribution is 5.69. The van der Waals surface area contributed by atoms with Gasteiger partial charge in [-0.15, -0.1) is 0 Å². The molecule has 2 aliphatic heterocycles. The molecule has 0 radical (unpaired) electrons. The lowest BCUT2D eigenvalue weighted by Crippen LogP contribution is -2.33. The van der Waals surface area contributed by atoms with E-state index in [0.29, 0.717) is 12.6 Å². The maximum atomic E-state index is 5.77. The zero-order valence-corrected chi connectivity index (χ0v) is 10.6. The van der Waals surface area contributed by atoms with Gasteiger partial charge < -0.3 is 9.15 Å². The molecular formula is C15H19NO2. The molecule has 0 spiro atoms. The first kappa shape index (κ1) is 11.6. The highest BCUT2D eigenvalue weighted by atomic mass is 16.6. The van der Waals surface area contributed by atoms with Gasteiger partial charge in [-0.05, 0) is 43.6 Å². The third kappa shape index (κ3) is 2.51. The highest BCUT2D eigenvalue weighted by Gasteiger charge is 2.13. The second-order valence-electron chi connectivity index (χ2n) is 4.85. The van der Waals surface area contributed by atoms with Crippen LogP contribution in [-0.4, -0.2) is 31.1 Å². The predicted octanol–water partition coefficient (Wildman–Crippen LogP) is 3.25. The van der Waals surface area contributed by atoms with Crippen molar-refractivity contribution in [1.82, 2.24) is 4.90 Å². The molecule has 1 saturated heterocycles. The van der Waals surface area contributed by atoms with Gasteiger partial charge in [-0.3, -0.25) is 4.90 Å². The third-order valence-corrected chi connectivity index (χ3v) is 3.58. The number of hydrogen-bond donors (Lipinski definition) is 0. The molecule has 0 saturated carbocycles. The minimum atomic E-state index is 0.648. The molecule has 3 nitrogen and oxygen atoms in total. The monoisotopic (exact) mass is 245 g/mol. The van der Waals surface area contributed by atoms with Gasteiger partial charge >= 0.3 is 0 Å². The fraction of sp³-hybridized carbons (Fsp3) is 0.467. The Balaban J connectivity index is 1.55. The molecule has 0 aromatic carbocycles. The average molecular weight is 245 g/mol. The largest absolute Gasteiger partial charge is 0.463 e. The molecule has 0 atom stereocenters. The van der Waals surface area contributed by atoms with E-state index in [2.05, 4.69) is 11.0 Å². The van der Waals surface area contributed by atoms with E-state index in [1.54, 1.807) is 6.26 Å². The van der Waals surface area contributed by atoms with Crippen molar-refractivity contribution in [2.45, 2.75) is 19.3 Å². The van der Waals surface area contributed by atoms with Crippen LogP contribution in [0.3, 0.4) is 0 Å². The number of nitrogens with zero attached hydrogens (tertiary/aromatic N) is 1. The van der Waals surface area contributed by atoms with Crippen molar-refractivity contribution in [2.24, 2.45) is 0 Å². The summed E-state index contributed by atoms with van der Waals surface area (Å²) >= 11 is 0. The molecular weight excluding hydrogens is 226 g/mol. The fourth-order valence-electron chi connectivity index (χ4n) is 2.56. The number of rotatable bonds is 4. The first-order valence-corrected chi connectivity index (χ1v) is 6.75. The van der Waals surface area contributed by atoms with Gasteiger partial charge in [-0.1, -0.05) is 18.6 Å². The van der Waals surface area contributed by atoms with Crippen LogP contribution in [0.25, 0.3) is 11.1 Å². The van der Waals surface area contributed by atoms with Crippen molar-refractivity contribution in [1.29, 1.82) is 0 Å². The van der Waals surface area contributed by atoms with Crippen LogP contribution in [0, 0.1) is 0 Å². The summed E-state index contributed by atoms with van der Waals surface area (Å²) in [4.78, 5) is 2.47. The van der Waals surface area contributed by atoms with E-state index in [1.807, 2.05) is 18.2 Å². The van der Waals surface area contributed by atoms with Crippen molar-refractivity contribution in [2.75, 3.05) is 26.2 Å². The van der Waals surface area contributed by atoms with Crippen LogP contribution in [-0.2, 0) is 0 Å². The summed E-state index contributed by atoms with van der Waals surface area (Å²) < 4.78 is 11.2. The first-order chi connectivity index (χ1) is 8.93. The number of fused-ring (bicyclic) bond motifs is 1. The van der Waals surface area contributed by atoms with Gasteiger partial charge in [0.2, 0.25) is 0 Å². The number of hydrogen-bond acceptors (Lipinski definition) is 3. The Morgan fingerprint density at radius 3 is 2.89 bits per heavy atom. The van der Waals surface area contributed by atoms with Crippen molar-refractivity contribution >= 4 is 0 Å². The van der Waals surface area contributed by atoms with Crippen molar-refractivity contribution in [3.05, 3.63) is 30.5 Å². The average Bonchev–Trinajstić information content (AvgIpc) is 2.89. The second kappa shape index (κ2) is 5.44. The lowest BCUT2D eigenvalue weighted by atomic mass is 10.1. The van der Waals surface area contributed by atoms with Crippen molar-refractivity contribution < 1.29 is 9.15 Å². The second-order valence-corrected chi connectivity index (χ2v) is 4.85. The quantitative estimate of drug-likeness (QED) is 0.827. The topological polar surface area (TPSA) is 25.6 Å². The summed E-state index contributed by atoms with van der Waals surface area (Å²) in [5.74, 6) is 0.648. The van der Waals surface area contributed by atoms with Crippen LogP contribution in [0.15, 0.2) is 34.9 Å². The Morgan fingerprint density at radius 1 is 1.11 bits per heavy atom. The third-order valence-electron chi connectivity index (χ3n) is 3.58. The zero-order chi connectivity index (χ0) is 12.2. The van der Waals surface area contributed by atoms with Crippen LogP contribution in [0.4, 0.5) is 0 Å². The van der Waals surface area contributed by atoms with E-state index in [-0.39, 0.29) is 0 Å². The molecule has 0 bridgehead atoms. The van der Waals surface area contributed by atoms with Gasteiger partial charge in [0.1, 0.15) is 6.61 Å². The number of piperidine rings is 1. The lowest BCUT2D eigenvalue weighted by Gasteiger charge is -2.26. The normalized spacial score (nSPS) is 17.1. The van der Waals surface area contributed by atoms with Crippen LogP contribution in [0.2, 0.25) is 0 Å². The fourth-order valence-corrected chi connectivity index (χ4v) is 2.56. The Bertz CT molecular complexity index is 460. The zero-order valence-electron chi connectivity index (χ0n) is 10.6. The SMILES string of the molecule is c1cc2ccoc(OCCN3CCCCC3)c-2c1. The van der Waals surface area contributed by atoms with Gasteiger partial charge in [0.25, 0.3) is 5.95 Å². The van der Waals surface area contributed by atoms with Crippen molar-refractivity contribution in [3.63, 3.8) is 0 Å². The molecule has 0 N–H and O–H groups in total. The van der Waals surface area contributed by atoms with E-state index >= 15 is 0 Å². The minimum absolute atomic E-state index is 0.648. The summed E-state index contributed by atoms with van der Waals surface area (Å²) in [6.45, 7) is 4.11. The molecule has 0 unspecified atom stereocenters. The van der Waals surface area contributed by atoms with Gasteiger partial charge in [0, 0.05) is 6.54 Å². The molecule has 2 heterocycles. The highest BCUT2D eigenvalue weighted by Crippen LogP contribution is 2.32. The molecule has 0 aromatic rings. The predicted molar refractivity (Wildman–Crippen MR) is 71.1 cm³/mol. The van der Waals surface area contributed by atoms with Crippen LogP contribution < -0.4 is 4.74 Å². The molecule has 0 aromatic heterocycles. The maximum Gasteiger partial charge on any atom is 0.292 e. The molecule has 3 rings (SSSR count). The van der Waals surface area contributed by atoms with E-state index in [4.69, 9.17) is 9.15 Å². The number of likely N-dealkylation sites (tertiary alicyclic amines) is 1. The van der Waals surface area contributed by atoms with Gasteiger partial charge in [0.05, 0.1) is 11.8 Å². The smallest absolute Gasteiger partial charge is 0.292 e. The van der Waals surface area contributed by atoms with E-state index in [9.17, 15) is 0 Å². The molecule has 18 heavy (non-hydrogen) atoms. The van der Waals surface area contributed by atoms with E-state index in [1.165, 1.54) is 37.9 Å².